The number of rotatable bonds is 6. The molecule has 0 aromatic heterocycles. The zero-order valence-electron chi connectivity index (χ0n) is 15.2. The molecule has 0 aliphatic carbocycles. The lowest BCUT2D eigenvalue weighted by atomic mass is 9.98. The molecule has 1 amide bonds. The number of amides is 1. The highest BCUT2D eigenvalue weighted by atomic mass is 127. The number of aliphatic imine (C=N–C) groups is 1. The molecule has 7 nitrogen and oxygen atoms in total. The third-order valence-electron chi connectivity index (χ3n) is 3.76. The minimum Gasteiger partial charge on any atom is -0.466 e. The maximum Gasteiger partial charge on any atom is 0.310 e. The van der Waals surface area contributed by atoms with E-state index in [1.54, 1.807) is 19.0 Å². The standard InChI is InChI=1S/C16H30N4O3.HI/c1-5-17-16(18-10-9-14(21)19(3)4)20-11-7-8-13(12-20)15(22)23-6-2;/h13H,5-12H2,1-4H3,(H,17,18);1H. The van der Waals surface area contributed by atoms with E-state index in [4.69, 9.17) is 4.74 Å². The van der Waals surface area contributed by atoms with Crippen LogP contribution in [-0.2, 0) is 14.3 Å². The second kappa shape index (κ2) is 12.3. The van der Waals surface area contributed by atoms with Gasteiger partial charge in [-0.1, -0.05) is 0 Å². The molecule has 1 atom stereocenters. The SMILES string of the molecule is CCNC(=NCCC(=O)N(C)C)N1CCCC(C(=O)OCC)C1.I. The lowest BCUT2D eigenvalue weighted by molar-refractivity contribution is -0.149. The molecule has 0 bridgehead atoms. The first-order chi connectivity index (χ1) is 11.0. The van der Waals surface area contributed by atoms with Crippen LogP contribution in [-0.4, -0.2) is 74.5 Å². The number of nitrogens with zero attached hydrogens (tertiary/aromatic N) is 3. The van der Waals surface area contributed by atoms with E-state index < -0.39 is 0 Å². The summed E-state index contributed by atoms with van der Waals surface area (Å²) in [5.74, 6) is 0.604. The summed E-state index contributed by atoms with van der Waals surface area (Å²) in [7, 11) is 3.48. The summed E-state index contributed by atoms with van der Waals surface area (Å²) >= 11 is 0. The molecule has 24 heavy (non-hydrogen) atoms. The highest BCUT2D eigenvalue weighted by Gasteiger charge is 2.28. The van der Waals surface area contributed by atoms with Crippen molar-refractivity contribution in [1.82, 2.24) is 15.1 Å². The van der Waals surface area contributed by atoms with Crippen molar-refractivity contribution >= 4 is 41.8 Å². The molecule has 8 heteroatoms. The van der Waals surface area contributed by atoms with Gasteiger partial charge in [-0.25, -0.2) is 0 Å². The zero-order chi connectivity index (χ0) is 17.2. The van der Waals surface area contributed by atoms with E-state index in [0.29, 0.717) is 26.1 Å². The summed E-state index contributed by atoms with van der Waals surface area (Å²) in [6.45, 7) is 6.92. The third kappa shape index (κ3) is 7.67. The van der Waals surface area contributed by atoms with Gasteiger partial charge < -0.3 is 19.9 Å². The van der Waals surface area contributed by atoms with E-state index in [-0.39, 0.29) is 41.8 Å². The summed E-state index contributed by atoms with van der Waals surface area (Å²) in [6, 6.07) is 0. The molecule has 1 heterocycles. The highest BCUT2D eigenvalue weighted by Crippen LogP contribution is 2.18. The molecule has 0 saturated carbocycles. The van der Waals surface area contributed by atoms with Gasteiger partial charge in [-0.05, 0) is 26.7 Å². The predicted octanol–water partition coefficient (Wildman–Crippen LogP) is 1.32. The number of carbonyl (C=O) groups is 2. The lowest BCUT2D eigenvalue weighted by Gasteiger charge is -2.34. The molecule has 1 rings (SSSR count). The van der Waals surface area contributed by atoms with Gasteiger partial charge in [-0.15, -0.1) is 24.0 Å². The Morgan fingerprint density at radius 3 is 2.62 bits per heavy atom. The molecular formula is C16H31IN4O3. The van der Waals surface area contributed by atoms with Crippen LogP contribution in [0.25, 0.3) is 0 Å². The van der Waals surface area contributed by atoms with Gasteiger partial charge in [0.05, 0.1) is 19.1 Å². The quantitative estimate of drug-likeness (QED) is 0.284. The second-order valence-electron chi connectivity index (χ2n) is 5.81. The Morgan fingerprint density at radius 1 is 1.33 bits per heavy atom. The van der Waals surface area contributed by atoms with Crippen molar-refractivity contribution in [3.8, 4) is 0 Å². The molecule has 0 aromatic rings. The average molecular weight is 454 g/mol. The Kier molecular flexibility index (Phi) is 11.8. The molecule has 1 N–H and O–H groups in total. The van der Waals surface area contributed by atoms with E-state index in [2.05, 4.69) is 15.2 Å². The number of likely N-dealkylation sites (tertiary alicyclic amines) is 1. The van der Waals surface area contributed by atoms with E-state index in [1.807, 2.05) is 13.8 Å². The van der Waals surface area contributed by atoms with Crippen molar-refractivity contribution in [3.05, 3.63) is 0 Å². The van der Waals surface area contributed by atoms with Crippen molar-refractivity contribution < 1.29 is 14.3 Å². The minimum atomic E-state index is -0.129. The highest BCUT2D eigenvalue weighted by molar-refractivity contribution is 14.0. The molecule has 140 valence electrons. The fourth-order valence-corrected chi connectivity index (χ4v) is 2.53. The van der Waals surface area contributed by atoms with Crippen molar-refractivity contribution in [2.45, 2.75) is 33.1 Å². The van der Waals surface area contributed by atoms with Crippen LogP contribution in [0.2, 0.25) is 0 Å². The Labute approximate surface area is 162 Å². The zero-order valence-corrected chi connectivity index (χ0v) is 17.5. The van der Waals surface area contributed by atoms with Crippen molar-refractivity contribution in [2.24, 2.45) is 10.9 Å². The van der Waals surface area contributed by atoms with Crippen LogP contribution in [0, 0.1) is 5.92 Å². The summed E-state index contributed by atoms with van der Waals surface area (Å²) in [6.07, 6.45) is 2.18. The Hall–Kier alpha value is -1.06. The van der Waals surface area contributed by atoms with Gasteiger partial charge in [-0.3, -0.25) is 14.6 Å². The van der Waals surface area contributed by atoms with Gasteiger partial charge in [-0.2, -0.15) is 0 Å². The van der Waals surface area contributed by atoms with Gasteiger partial charge in [0, 0.05) is 40.2 Å². The summed E-state index contributed by atoms with van der Waals surface area (Å²) < 4.78 is 5.13. The molecule has 0 aromatic carbocycles. The van der Waals surface area contributed by atoms with Gasteiger partial charge in [0.15, 0.2) is 5.96 Å². The predicted molar refractivity (Wildman–Crippen MR) is 106 cm³/mol. The summed E-state index contributed by atoms with van der Waals surface area (Å²) in [4.78, 5) is 31.8. The number of carbonyl (C=O) groups excluding carboxylic acids is 2. The largest absolute Gasteiger partial charge is 0.466 e. The Balaban J connectivity index is 0.00000529. The third-order valence-corrected chi connectivity index (χ3v) is 3.76. The van der Waals surface area contributed by atoms with Crippen molar-refractivity contribution in [3.63, 3.8) is 0 Å². The average Bonchev–Trinajstić information content (AvgIpc) is 2.54. The van der Waals surface area contributed by atoms with Crippen molar-refractivity contribution in [1.29, 1.82) is 0 Å². The first-order valence-corrected chi connectivity index (χ1v) is 8.39. The molecule has 1 aliphatic heterocycles. The van der Waals surface area contributed by atoms with E-state index >= 15 is 0 Å². The Bertz CT molecular complexity index is 430. The van der Waals surface area contributed by atoms with Crippen LogP contribution in [0.4, 0.5) is 0 Å². The van der Waals surface area contributed by atoms with Crippen LogP contribution < -0.4 is 5.32 Å². The normalized spacial score (nSPS) is 17.8. The monoisotopic (exact) mass is 454 g/mol. The number of guanidine groups is 1. The first-order valence-electron chi connectivity index (χ1n) is 8.39. The fraction of sp³-hybridized carbons (Fsp3) is 0.812. The smallest absolute Gasteiger partial charge is 0.310 e. The van der Waals surface area contributed by atoms with Gasteiger partial charge in [0.1, 0.15) is 0 Å². The molecule has 1 unspecified atom stereocenters. The first kappa shape index (κ1) is 22.9. The van der Waals surface area contributed by atoms with Gasteiger partial charge >= 0.3 is 5.97 Å². The summed E-state index contributed by atoms with van der Waals surface area (Å²) in [5.41, 5.74) is 0. The number of ether oxygens (including phenoxy) is 1. The van der Waals surface area contributed by atoms with Crippen molar-refractivity contribution in [2.75, 3.05) is 46.9 Å². The molecule has 0 radical (unpaired) electrons. The Morgan fingerprint density at radius 2 is 2.04 bits per heavy atom. The van der Waals surface area contributed by atoms with E-state index in [1.165, 1.54) is 0 Å². The number of piperidine rings is 1. The van der Waals surface area contributed by atoms with Crippen LogP contribution >= 0.6 is 24.0 Å². The molecule has 1 aliphatic rings. The maximum atomic E-state index is 11.9. The number of halogens is 1. The summed E-state index contributed by atoms with van der Waals surface area (Å²) in [5, 5.41) is 3.25. The second-order valence-corrected chi connectivity index (χ2v) is 5.81. The molecule has 1 fully saturated rings. The topological polar surface area (TPSA) is 74.2 Å². The number of hydrogen-bond acceptors (Lipinski definition) is 4. The number of hydrogen-bond donors (Lipinski definition) is 1. The van der Waals surface area contributed by atoms with Gasteiger partial charge in [0.2, 0.25) is 5.91 Å². The number of nitrogens with one attached hydrogen (secondary N) is 1. The molecule has 1 saturated heterocycles. The number of esters is 1. The van der Waals surface area contributed by atoms with Crippen LogP contribution in [0.1, 0.15) is 33.1 Å². The van der Waals surface area contributed by atoms with Gasteiger partial charge in [0.25, 0.3) is 0 Å². The van der Waals surface area contributed by atoms with E-state index in [9.17, 15) is 9.59 Å². The minimum absolute atomic E-state index is 0. The molecular weight excluding hydrogens is 423 g/mol. The fourth-order valence-electron chi connectivity index (χ4n) is 2.53. The lowest BCUT2D eigenvalue weighted by Crippen LogP contribution is -2.48. The van der Waals surface area contributed by atoms with E-state index in [0.717, 1.165) is 31.9 Å². The van der Waals surface area contributed by atoms with Crippen LogP contribution in [0.15, 0.2) is 4.99 Å². The van der Waals surface area contributed by atoms with Crippen LogP contribution in [0.3, 0.4) is 0 Å². The molecule has 0 spiro atoms. The van der Waals surface area contributed by atoms with Crippen LogP contribution in [0.5, 0.6) is 0 Å². The maximum absolute atomic E-state index is 11.9.